The molecule has 1 unspecified atom stereocenters. The van der Waals surface area contributed by atoms with Crippen molar-refractivity contribution in [2.24, 2.45) is 11.3 Å². The van der Waals surface area contributed by atoms with Crippen molar-refractivity contribution in [2.75, 3.05) is 19.8 Å². The van der Waals surface area contributed by atoms with Crippen molar-refractivity contribution in [2.45, 2.75) is 53.9 Å². The summed E-state index contributed by atoms with van der Waals surface area (Å²) in [4.78, 5) is 22.6. The molecule has 1 atom stereocenters. The third kappa shape index (κ3) is 10.2. The van der Waals surface area contributed by atoms with Crippen molar-refractivity contribution in [3.63, 3.8) is 0 Å². The van der Waals surface area contributed by atoms with E-state index in [0.717, 1.165) is 12.8 Å². The van der Waals surface area contributed by atoms with Gasteiger partial charge in [0.2, 0.25) is 0 Å². The number of nitrogens with one attached hydrogen (secondary N) is 1. The van der Waals surface area contributed by atoms with Gasteiger partial charge in [0.15, 0.2) is 0 Å². The normalized spacial score (nSPS) is 12.4. The molecule has 0 spiro atoms. The minimum Gasteiger partial charge on any atom is -0.459 e. The van der Waals surface area contributed by atoms with Crippen LogP contribution in [0.5, 0.6) is 0 Å². The molecule has 0 saturated heterocycles. The summed E-state index contributed by atoms with van der Waals surface area (Å²) in [5, 5.41) is 2.74. The Balaban J connectivity index is 3.81. The van der Waals surface area contributed by atoms with Crippen molar-refractivity contribution in [3.05, 3.63) is 12.2 Å². The van der Waals surface area contributed by atoms with Gasteiger partial charge in [0.05, 0.1) is 0 Å². The third-order valence-electron chi connectivity index (χ3n) is 3.32. The quantitative estimate of drug-likeness (QED) is 0.379. The first kappa shape index (κ1) is 20.5. The first-order valence-electron chi connectivity index (χ1n) is 7.91. The first-order valence-corrected chi connectivity index (χ1v) is 7.91. The summed E-state index contributed by atoms with van der Waals surface area (Å²) in [6, 6.07) is 0. The zero-order valence-electron chi connectivity index (χ0n) is 14.7. The Hall–Kier alpha value is -1.52. The van der Waals surface area contributed by atoms with Gasteiger partial charge in [-0.3, -0.25) is 0 Å². The Labute approximate surface area is 134 Å². The molecule has 0 bridgehead atoms. The average molecular weight is 313 g/mol. The van der Waals surface area contributed by atoms with Gasteiger partial charge in [-0.15, -0.1) is 0 Å². The fraction of sp³-hybridized carbons (Fsp3) is 0.765. The van der Waals surface area contributed by atoms with Gasteiger partial charge in [0.25, 0.3) is 0 Å². The molecule has 128 valence electrons. The number of ether oxygens (including phenoxy) is 2. The molecule has 0 aliphatic rings. The fourth-order valence-electron chi connectivity index (χ4n) is 2.49. The van der Waals surface area contributed by atoms with E-state index in [-0.39, 0.29) is 18.6 Å². The van der Waals surface area contributed by atoms with Crippen molar-refractivity contribution in [3.8, 4) is 0 Å². The summed E-state index contributed by atoms with van der Waals surface area (Å²) in [5.74, 6) is -0.0915. The number of rotatable bonds is 10. The van der Waals surface area contributed by atoms with Crippen LogP contribution in [0.1, 0.15) is 53.9 Å². The van der Waals surface area contributed by atoms with Crippen molar-refractivity contribution in [1.82, 2.24) is 5.32 Å². The molecule has 1 amide bonds. The molecule has 0 aliphatic heterocycles. The van der Waals surface area contributed by atoms with E-state index in [1.807, 2.05) is 0 Å². The first-order chi connectivity index (χ1) is 10.2. The predicted molar refractivity (Wildman–Crippen MR) is 87.6 cm³/mol. The molecular formula is C17H31NO4. The number of alkyl carbamates (subject to hydrolysis) is 1. The number of hydrogen-bond donors (Lipinski definition) is 1. The van der Waals surface area contributed by atoms with Gasteiger partial charge in [-0.25, -0.2) is 9.59 Å². The summed E-state index contributed by atoms with van der Waals surface area (Å²) >= 11 is 0. The molecule has 0 radical (unpaired) electrons. The SMILES string of the molecule is C=C(C)C(=O)OCCOC(=O)NCC(C)CC(C)(C)CCC. The van der Waals surface area contributed by atoms with Crippen LogP contribution in [0.25, 0.3) is 0 Å². The predicted octanol–water partition coefficient (Wildman–Crippen LogP) is 3.68. The zero-order chi connectivity index (χ0) is 17.2. The van der Waals surface area contributed by atoms with Crippen LogP contribution in [0.3, 0.4) is 0 Å². The zero-order valence-corrected chi connectivity index (χ0v) is 14.7. The summed E-state index contributed by atoms with van der Waals surface area (Å²) in [7, 11) is 0. The minimum absolute atomic E-state index is 0.0399. The van der Waals surface area contributed by atoms with Crippen molar-refractivity contribution >= 4 is 12.1 Å². The van der Waals surface area contributed by atoms with Gasteiger partial charge in [-0.1, -0.05) is 40.7 Å². The highest BCUT2D eigenvalue weighted by molar-refractivity contribution is 5.86. The lowest BCUT2D eigenvalue weighted by atomic mass is 9.80. The number of carbonyl (C=O) groups is 2. The topological polar surface area (TPSA) is 64.6 Å². The van der Waals surface area contributed by atoms with Gasteiger partial charge in [-0.2, -0.15) is 0 Å². The van der Waals surface area contributed by atoms with E-state index >= 15 is 0 Å². The van der Waals surface area contributed by atoms with Crippen molar-refractivity contribution < 1.29 is 19.1 Å². The largest absolute Gasteiger partial charge is 0.459 e. The van der Waals surface area contributed by atoms with Crippen LogP contribution in [-0.2, 0) is 14.3 Å². The smallest absolute Gasteiger partial charge is 0.407 e. The lowest BCUT2D eigenvalue weighted by Gasteiger charge is -2.27. The van der Waals surface area contributed by atoms with Crippen LogP contribution >= 0.6 is 0 Å². The van der Waals surface area contributed by atoms with Gasteiger partial charge in [0, 0.05) is 12.1 Å². The molecule has 22 heavy (non-hydrogen) atoms. The van der Waals surface area contributed by atoms with Gasteiger partial charge in [-0.05, 0) is 31.1 Å². The summed E-state index contributed by atoms with van der Waals surface area (Å²) in [6.07, 6.45) is 2.91. The molecule has 5 nitrogen and oxygen atoms in total. The van der Waals surface area contributed by atoms with Crippen LogP contribution in [0, 0.1) is 11.3 Å². The molecular weight excluding hydrogens is 282 g/mol. The fourth-order valence-corrected chi connectivity index (χ4v) is 2.49. The minimum atomic E-state index is -0.480. The van der Waals surface area contributed by atoms with Crippen LogP contribution in [0.15, 0.2) is 12.2 Å². The molecule has 0 saturated carbocycles. The van der Waals surface area contributed by atoms with Gasteiger partial charge >= 0.3 is 12.1 Å². The molecule has 0 aromatic rings. The van der Waals surface area contributed by atoms with Gasteiger partial charge < -0.3 is 14.8 Å². The second-order valence-corrected chi connectivity index (χ2v) is 6.66. The number of amides is 1. The Bertz CT molecular complexity index is 377. The monoisotopic (exact) mass is 313 g/mol. The molecule has 5 heteroatoms. The van der Waals surface area contributed by atoms with E-state index in [9.17, 15) is 9.59 Å². The lowest BCUT2D eigenvalue weighted by molar-refractivity contribution is -0.139. The van der Waals surface area contributed by atoms with E-state index in [1.54, 1.807) is 6.92 Å². The van der Waals surface area contributed by atoms with E-state index < -0.39 is 12.1 Å². The third-order valence-corrected chi connectivity index (χ3v) is 3.32. The van der Waals surface area contributed by atoms with E-state index in [0.29, 0.717) is 18.0 Å². The lowest BCUT2D eigenvalue weighted by Crippen LogP contribution is -2.31. The standard InChI is InChI=1S/C17H31NO4/c1-7-8-17(5,6)11-14(4)12-18-16(20)22-10-9-21-15(19)13(2)3/h14H,2,7-12H2,1,3-6H3,(H,18,20). The number of carbonyl (C=O) groups excluding carboxylic acids is 2. The molecule has 0 aromatic heterocycles. The highest BCUT2D eigenvalue weighted by Crippen LogP contribution is 2.30. The van der Waals surface area contributed by atoms with E-state index in [1.165, 1.54) is 6.42 Å². The van der Waals surface area contributed by atoms with Crippen LogP contribution in [0.2, 0.25) is 0 Å². The molecule has 0 aliphatic carbocycles. The van der Waals surface area contributed by atoms with E-state index in [2.05, 4.69) is 39.6 Å². The van der Waals surface area contributed by atoms with Gasteiger partial charge in [0.1, 0.15) is 13.2 Å². The summed E-state index contributed by atoms with van der Waals surface area (Å²) < 4.78 is 9.77. The maximum absolute atomic E-state index is 11.5. The highest BCUT2D eigenvalue weighted by Gasteiger charge is 2.20. The molecule has 0 aromatic carbocycles. The molecule has 1 N–H and O–H groups in total. The molecule has 0 heterocycles. The Morgan fingerprint density at radius 2 is 1.82 bits per heavy atom. The Kier molecular flexibility index (Phi) is 9.54. The van der Waals surface area contributed by atoms with Crippen LogP contribution in [0.4, 0.5) is 4.79 Å². The maximum atomic E-state index is 11.5. The Morgan fingerprint density at radius 3 is 2.36 bits per heavy atom. The number of esters is 1. The maximum Gasteiger partial charge on any atom is 0.407 e. The Morgan fingerprint density at radius 1 is 1.23 bits per heavy atom. The molecule has 0 rings (SSSR count). The van der Waals surface area contributed by atoms with Crippen LogP contribution in [-0.4, -0.2) is 31.8 Å². The second kappa shape index (κ2) is 10.2. The summed E-state index contributed by atoms with van der Waals surface area (Å²) in [5.41, 5.74) is 0.615. The number of hydrogen-bond acceptors (Lipinski definition) is 4. The van der Waals surface area contributed by atoms with Crippen LogP contribution < -0.4 is 5.32 Å². The average Bonchev–Trinajstić information content (AvgIpc) is 2.40. The van der Waals surface area contributed by atoms with E-state index in [4.69, 9.17) is 9.47 Å². The second-order valence-electron chi connectivity index (χ2n) is 6.66. The highest BCUT2D eigenvalue weighted by atomic mass is 16.6. The summed E-state index contributed by atoms with van der Waals surface area (Å²) in [6.45, 7) is 14.5. The van der Waals surface area contributed by atoms with Crippen molar-refractivity contribution in [1.29, 1.82) is 0 Å². The molecule has 0 fully saturated rings.